The zero-order chi connectivity index (χ0) is 16.1. The SMILES string of the molecule is CC(=O)NCc1ccc(-c2csc(COc3ccccc3)n2)s1. The fraction of sp³-hybridized carbons (Fsp3) is 0.176. The average Bonchev–Trinajstić information content (AvgIpc) is 3.21. The highest BCUT2D eigenvalue weighted by atomic mass is 32.1. The van der Waals surface area contributed by atoms with Gasteiger partial charge in [0, 0.05) is 17.2 Å². The van der Waals surface area contributed by atoms with E-state index in [9.17, 15) is 4.79 Å². The molecule has 1 amide bonds. The number of benzene rings is 1. The molecule has 0 aliphatic rings. The first-order chi connectivity index (χ1) is 11.2. The molecule has 0 aliphatic carbocycles. The van der Waals surface area contributed by atoms with Crippen LogP contribution in [0.4, 0.5) is 0 Å². The number of rotatable bonds is 6. The quantitative estimate of drug-likeness (QED) is 0.733. The van der Waals surface area contributed by atoms with Crippen LogP contribution < -0.4 is 10.1 Å². The van der Waals surface area contributed by atoms with Crippen molar-refractivity contribution in [2.75, 3.05) is 0 Å². The van der Waals surface area contributed by atoms with E-state index in [1.807, 2.05) is 47.8 Å². The summed E-state index contributed by atoms with van der Waals surface area (Å²) in [6.45, 7) is 2.56. The summed E-state index contributed by atoms with van der Waals surface area (Å²) in [5.74, 6) is 0.826. The molecule has 0 unspecified atom stereocenters. The van der Waals surface area contributed by atoms with Crippen molar-refractivity contribution in [2.24, 2.45) is 0 Å². The Morgan fingerprint density at radius 1 is 1.22 bits per heavy atom. The number of nitrogens with zero attached hydrogens (tertiary/aromatic N) is 1. The number of carbonyl (C=O) groups excluding carboxylic acids is 1. The molecule has 0 bridgehead atoms. The number of aromatic nitrogens is 1. The van der Waals surface area contributed by atoms with Crippen LogP contribution >= 0.6 is 22.7 Å². The minimum atomic E-state index is -0.0195. The molecule has 0 atom stereocenters. The molecule has 3 rings (SSSR count). The Labute approximate surface area is 142 Å². The van der Waals surface area contributed by atoms with E-state index < -0.39 is 0 Å². The third-order valence-electron chi connectivity index (χ3n) is 3.08. The fourth-order valence-corrected chi connectivity index (χ4v) is 3.66. The maximum Gasteiger partial charge on any atom is 0.217 e. The highest BCUT2D eigenvalue weighted by Crippen LogP contribution is 2.29. The van der Waals surface area contributed by atoms with Crippen LogP contribution in [-0.4, -0.2) is 10.9 Å². The Morgan fingerprint density at radius 3 is 2.83 bits per heavy atom. The van der Waals surface area contributed by atoms with Gasteiger partial charge in [0.15, 0.2) is 0 Å². The summed E-state index contributed by atoms with van der Waals surface area (Å²) in [6.07, 6.45) is 0. The number of ether oxygens (including phenoxy) is 1. The van der Waals surface area contributed by atoms with Crippen LogP contribution in [0.3, 0.4) is 0 Å². The molecule has 4 nitrogen and oxygen atoms in total. The zero-order valence-corrected chi connectivity index (χ0v) is 14.2. The van der Waals surface area contributed by atoms with Crippen LogP contribution in [0.5, 0.6) is 5.75 Å². The lowest BCUT2D eigenvalue weighted by Gasteiger charge is -2.02. The Hall–Kier alpha value is -2.18. The molecule has 0 fully saturated rings. The average molecular weight is 344 g/mol. The number of carbonyl (C=O) groups is 1. The molecule has 3 aromatic rings. The normalized spacial score (nSPS) is 10.5. The second kappa shape index (κ2) is 7.39. The van der Waals surface area contributed by atoms with E-state index >= 15 is 0 Å². The molecule has 1 aromatic carbocycles. The molecule has 118 valence electrons. The Balaban J connectivity index is 1.61. The van der Waals surface area contributed by atoms with Gasteiger partial charge in [-0.2, -0.15) is 0 Å². The molecule has 0 saturated heterocycles. The van der Waals surface area contributed by atoms with Crippen LogP contribution in [0.25, 0.3) is 10.6 Å². The van der Waals surface area contributed by atoms with Gasteiger partial charge in [0.2, 0.25) is 5.91 Å². The molecule has 0 saturated carbocycles. The second-order valence-electron chi connectivity index (χ2n) is 4.90. The first kappa shape index (κ1) is 15.7. The van der Waals surface area contributed by atoms with Gasteiger partial charge in [-0.05, 0) is 24.3 Å². The smallest absolute Gasteiger partial charge is 0.217 e. The van der Waals surface area contributed by atoms with Crippen molar-refractivity contribution < 1.29 is 9.53 Å². The first-order valence-corrected chi connectivity index (χ1v) is 8.86. The van der Waals surface area contributed by atoms with Crippen molar-refractivity contribution in [2.45, 2.75) is 20.1 Å². The van der Waals surface area contributed by atoms with E-state index in [4.69, 9.17) is 4.74 Å². The predicted octanol–water partition coefficient (Wildman–Crippen LogP) is 4.09. The van der Waals surface area contributed by atoms with Gasteiger partial charge in [-0.15, -0.1) is 22.7 Å². The third kappa shape index (κ3) is 4.40. The molecule has 0 radical (unpaired) electrons. The van der Waals surface area contributed by atoms with Crippen molar-refractivity contribution in [1.29, 1.82) is 0 Å². The first-order valence-electron chi connectivity index (χ1n) is 7.16. The number of thiazole rings is 1. The van der Waals surface area contributed by atoms with Crippen LogP contribution in [0, 0.1) is 0 Å². The zero-order valence-electron chi connectivity index (χ0n) is 12.6. The molecule has 1 N–H and O–H groups in total. The lowest BCUT2D eigenvalue weighted by molar-refractivity contribution is -0.119. The monoisotopic (exact) mass is 344 g/mol. The van der Waals surface area contributed by atoms with Crippen molar-refractivity contribution in [3.63, 3.8) is 0 Å². The molecule has 6 heteroatoms. The lowest BCUT2D eigenvalue weighted by atomic mass is 10.3. The minimum absolute atomic E-state index is 0.0195. The topological polar surface area (TPSA) is 51.2 Å². The molecular weight excluding hydrogens is 328 g/mol. The van der Waals surface area contributed by atoms with Gasteiger partial charge in [-0.1, -0.05) is 18.2 Å². The van der Waals surface area contributed by atoms with Gasteiger partial charge in [0.1, 0.15) is 17.4 Å². The van der Waals surface area contributed by atoms with E-state index in [1.165, 1.54) is 6.92 Å². The highest BCUT2D eigenvalue weighted by molar-refractivity contribution is 7.16. The van der Waals surface area contributed by atoms with Gasteiger partial charge < -0.3 is 10.1 Å². The summed E-state index contributed by atoms with van der Waals surface area (Å²) < 4.78 is 5.72. The second-order valence-corrected chi connectivity index (χ2v) is 7.01. The number of thiophene rings is 1. The van der Waals surface area contributed by atoms with E-state index in [2.05, 4.69) is 10.3 Å². The summed E-state index contributed by atoms with van der Waals surface area (Å²) in [7, 11) is 0. The third-order valence-corrected chi connectivity index (χ3v) is 5.01. The molecule has 0 aliphatic heterocycles. The molecule has 2 aromatic heterocycles. The summed E-state index contributed by atoms with van der Waals surface area (Å²) in [5, 5.41) is 5.79. The summed E-state index contributed by atoms with van der Waals surface area (Å²) >= 11 is 3.24. The number of hydrogen-bond donors (Lipinski definition) is 1. The Morgan fingerprint density at radius 2 is 2.04 bits per heavy atom. The van der Waals surface area contributed by atoms with Gasteiger partial charge in [-0.25, -0.2) is 4.98 Å². The van der Waals surface area contributed by atoms with Crippen LogP contribution in [-0.2, 0) is 17.9 Å². The van der Waals surface area contributed by atoms with Gasteiger partial charge in [0.25, 0.3) is 0 Å². The maximum absolute atomic E-state index is 11.0. The predicted molar refractivity (Wildman–Crippen MR) is 93.7 cm³/mol. The number of nitrogens with one attached hydrogen (secondary N) is 1. The van der Waals surface area contributed by atoms with Crippen molar-refractivity contribution in [3.05, 3.63) is 57.7 Å². The summed E-state index contributed by atoms with van der Waals surface area (Å²) in [6, 6.07) is 13.8. The van der Waals surface area contributed by atoms with Gasteiger partial charge in [-0.3, -0.25) is 4.79 Å². The summed E-state index contributed by atoms with van der Waals surface area (Å²) in [5.41, 5.74) is 0.959. The maximum atomic E-state index is 11.0. The molecule has 2 heterocycles. The van der Waals surface area contributed by atoms with Crippen molar-refractivity contribution >= 4 is 28.6 Å². The Kier molecular flexibility index (Phi) is 5.05. The number of para-hydroxylation sites is 1. The fourth-order valence-electron chi connectivity index (χ4n) is 1.97. The van der Waals surface area contributed by atoms with E-state index in [1.54, 1.807) is 22.7 Å². The van der Waals surface area contributed by atoms with Crippen LogP contribution in [0.2, 0.25) is 0 Å². The van der Waals surface area contributed by atoms with E-state index in [0.29, 0.717) is 13.2 Å². The largest absolute Gasteiger partial charge is 0.486 e. The Bertz CT molecular complexity index is 781. The molecular formula is C17H16N2O2S2. The molecule has 23 heavy (non-hydrogen) atoms. The number of hydrogen-bond acceptors (Lipinski definition) is 5. The van der Waals surface area contributed by atoms with Crippen molar-refractivity contribution in [1.82, 2.24) is 10.3 Å². The summed E-state index contributed by atoms with van der Waals surface area (Å²) in [4.78, 5) is 17.8. The molecule has 0 spiro atoms. The van der Waals surface area contributed by atoms with Crippen molar-refractivity contribution in [3.8, 4) is 16.3 Å². The van der Waals surface area contributed by atoms with Gasteiger partial charge in [0.05, 0.1) is 17.1 Å². The van der Waals surface area contributed by atoms with Crippen LogP contribution in [0.15, 0.2) is 47.8 Å². The number of amides is 1. The standard InChI is InChI=1S/C17H16N2O2S2/c1-12(20)18-9-14-7-8-16(23-14)15-11-22-17(19-15)10-21-13-5-3-2-4-6-13/h2-8,11H,9-10H2,1H3,(H,18,20). The van der Waals surface area contributed by atoms with E-state index in [0.717, 1.165) is 26.2 Å². The minimum Gasteiger partial charge on any atom is -0.486 e. The van der Waals surface area contributed by atoms with Gasteiger partial charge >= 0.3 is 0 Å². The van der Waals surface area contributed by atoms with E-state index in [-0.39, 0.29) is 5.91 Å². The van der Waals surface area contributed by atoms with Crippen LogP contribution in [0.1, 0.15) is 16.8 Å². The lowest BCUT2D eigenvalue weighted by Crippen LogP contribution is -2.17. The highest BCUT2D eigenvalue weighted by Gasteiger charge is 2.08.